The van der Waals surface area contributed by atoms with Gasteiger partial charge in [-0.05, 0) is 85.4 Å². The normalized spacial score (nSPS) is 29.6. The van der Waals surface area contributed by atoms with Crippen LogP contribution in [0.25, 0.3) is 0 Å². The topological polar surface area (TPSA) is 88.2 Å². The number of anilines is 1. The van der Waals surface area contributed by atoms with Crippen molar-refractivity contribution in [1.29, 1.82) is 0 Å². The van der Waals surface area contributed by atoms with Gasteiger partial charge in [0.25, 0.3) is 10.0 Å². The first-order chi connectivity index (χ1) is 19.2. The maximum atomic E-state index is 13.3. The van der Waals surface area contributed by atoms with Gasteiger partial charge >= 0.3 is 6.03 Å². The molecule has 0 unspecified atom stereocenters. The Balaban J connectivity index is 0.00000337. The Bertz CT molecular complexity index is 1450. The van der Waals surface area contributed by atoms with Crippen LogP contribution >= 0.6 is 11.6 Å². The van der Waals surface area contributed by atoms with Crippen LogP contribution in [0.1, 0.15) is 44.2 Å². The molecule has 222 valence electrons. The summed E-state index contributed by atoms with van der Waals surface area (Å²) in [6.45, 7) is 2.23. The Labute approximate surface area is 248 Å². The molecule has 1 fully saturated rings. The molecule has 4 aliphatic rings. The number of carbonyl (C=O) groups is 1. The summed E-state index contributed by atoms with van der Waals surface area (Å²) >= 11 is 6.38. The molecule has 6 rings (SSSR count). The zero-order chi connectivity index (χ0) is 28.1. The number of likely N-dealkylation sites (N-methyl/N-ethyl adjacent to an activating group) is 1. The zero-order valence-corrected chi connectivity index (χ0v) is 24.5. The second-order valence-electron chi connectivity index (χ2n) is 11.7. The molecule has 0 radical (unpaired) electrons. The van der Waals surface area contributed by atoms with Gasteiger partial charge in [-0.2, -0.15) is 0 Å². The highest BCUT2D eigenvalue weighted by Crippen LogP contribution is 2.47. The van der Waals surface area contributed by atoms with E-state index in [1.807, 2.05) is 18.2 Å². The number of benzene rings is 2. The molecular weight excluding hydrogens is 562 g/mol. The van der Waals surface area contributed by atoms with Gasteiger partial charge in [0.1, 0.15) is 5.75 Å². The molecule has 2 heterocycles. The number of fused-ring (bicyclic) bond motifs is 4. The third-order valence-corrected chi connectivity index (χ3v) is 10.8. The Morgan fingerprint density at radius 2 is 2.00 bits per heavy atom. The second kappa shape index (κ2) is 11.5. The van der Waals surface area contributed by atoms with Crippen molar-refractivity contribution in [3.05, 3.63) is 64.7 Å². The van der Waals surface area contributed by atoms with Gasteiger partial charge in [-0.25, -0.2) is 17.9 Å². The smallest absolute Gasteiger partial charge is 0.331 e. The lowest BCUT2D eigenvalue weighted by atomic mass is 9.68. The minimum atomic E-state index is -4.10. The fourth-order valence-corrected chi connectivity index (χ4v) is 8.09. The second-order valence-corrected chi connectivity index (χ2v) is 13.8. The molecule has 2 aromatic carbocycles. The molecule has 41 heavy (non-hydrogen) atoms. The van der Waals surface area contributed by atoms with E-state index in [9.17, 15) is 13.2 Å². The summed E-state index contributed by atoms with van der Waals surface area (Å²) in [7, 11) is -0.801. The molecule has 2 aliphatic heterocycles. The quantitative estimate of drug-likeness (QED) is 0.441. The maximum Gasteiger partial charge on any atom is 0.331 e. The van der Waals surface area contributed by atoms with Crippen molar-refractivity contribution in [1.82, 2.24) is 9.62 Å². The van der Waals surface area contributed by atoms with Crippen LogP contribution in [0.5, 0.6) is 5.75 Å². The van der Waals surface area contributed by atoms with E-state index in [-0.39, 0.29) is 30.4 Å². The van der Waals surface area contributed by atoms with Crippen LogP contribution in [-0.4, -0.2) is 65.9 Å². The molecule has 2 aromatic rings. The van der Waals surface area contributed by atoms with Crippen molar-refractivity contribution < 1.29 is 22.7 Å². The Morgan fingerprint density at radius 1 is 1.17 bits per heavy atom. The van der Waals surface area contributed by atoms with Crippen LogP contribution < -0.4 is 14.4 Å². The number of aryl methyl sites for hydroxylation is 1. The fraction of sp³-hybridized carbons (Fsp3) is 0.516. The van der Waals surface area contributed by atoms with Crippen LogP contribution in [0, 0.1) is 11.8 Å². The van der Waals surface area contributed by atoms with E-state index in [1.165, 1.54) is 22.1 Å². The number of urea groups is 1. The molecule has 10 heteroatoms. The number of hydrogen-bond acceptors (Lipinski definition) is 6. The van der Waals surface area contributed by atoms with Crippen LogP contribution in [0.3, 0.4) is 0 Å². The number of nitrogens with one attached hydrogen (secondary N) is 1. The number of carbonyl (C=O) groups excluding carboxylic acids is 1. The highest BCUT2D eigenvalue weighted by molar-refractivity contribution is 7.90. The number of amides is 2. The Hall–Kier alpha value is -2.75. The number of ether oxygens (including phenoxy) is 2. The maximum absolute atomic E-state index is 13.3. The molecule has 0 aromatic heterocycles. The van der Waals surface area contributed by atoms with Crippen molar-refractivity contribution >= 4 is 33.3 Å². The summed E-state index contributed by atoms with van der Waals surface area (Å²) in [6, 6.07) is 10.4. The average molecular weight is 602 g/mol. The molecule has 1 N–H and O–H groups in total. The molecule has 0 saturated heterocycles. The molecule has 1 saturated carbocycles. The lowest BCUT2D eigenvalue weighted by Crippen LogP contribution is -2.49. The minimum Gasteiger partial charge on any atom is -0.490 e. The standard InChI is InChI=1S/C30H36ClN3O5S.CH4/c1-33-14-4-6-27(38-2)24-10-7-21(24)17-34-18-30(13-3-5-20-15-22(31)8-11-25(20)30)19-39-28-12-9-23(16-26(28)34)40(36,37)32-29(33)35;/h4,6,8-9,11-12,15-16,21,24,27H,3,5,7,10,13-14,17-19H2,1-2H3,(H,32,35);1H4/b6-4+;/t21-,24+,27+,30-;/m0./s1. The number of methoxy groups -OCH3 is 1. The lowest BCUT2D eigenvalue weighted by molar-refractivity contribution is 0.0131. The van der Waals surface area contributed by atoms with Gasteiger partial charge in [-0.15, -0.1) is 0 Å². The summed E-state index contributed by atoms with van der Waals surface area (Å²) in [4.78, 5) is 16.5. The lowest BCUT2D eigenvalue weighted by Gasteiger charge is -2.46. The first-order valence-electron chi connectivity index (χ1n) is 14.0. The predicted molar refractivity (Wildman–Crippen MR) is 161 cm³/mol. The van der Waals surface area contributed by atoms with Crippen LogP contribution in [0.2, 0.25) is 5.02 Å². The predicted octanol–water partition coefficient (Wildman–Crippen LogP) is 5.39. The summed E-state index contributed by atoms with van der Waals surface area (Å²) in [5, 5.41) is 0.737. The summed E-state index contributed by atoms with van der Waals surface area (Å²) in [6.07, 6.45) is 8.92. The zero-order valence-electron chi connectivity index (χ0n) is 22.9. The summed E-state index contributed by atoms with van der Waals surface area (Å²) in [5.41, 5.74) is 3.01. The third-order valence-electron chi connectivity index (χ3n) is 9.22. The van der Waals surface area contributed by atoms with E-state index < -0.39 is 16.1 Å². The van der Waals surface area contributed by atoms with Gasteiger partial charge in [0.05, 0.1) is 23.3 Å². The molecule has 2 aliphatic carbocycles. The SMILES string of the molecule is C.CO[C@@H]1/C=C/CN(C)C(=O)NS(=O)(=O)c2ccc3c(c2)N(C[C@@H]2CC[C@H]21)C[C@@]1(CCCc2cc(Cl)ccc21)CO3. The third kappa shape index (κ3) is 5.56. The highest BCUT2D eigenvalue weighted by atomic mass is 35.5. The largest absolute Gasteiger partial charge is 0.490 e. The van der Waals surface area contributed by atoms with Gasteiger partial charge < -0.3 is 19.3 Å². The molecule has 2 amide bonds. The molecule has 8 nitrogen and oxygen atoms in total. The van der Waals surface area contributed by atoms with Crippen molar-refractivity contribution in [3.63, 3.8) is 0 Å². The number of hydrogen-bond donors (Lipinski definition) is 1. The average Bonchev–Trinajstić information content (AvgIpc) is 3.06. The van der Waals surface area contributed by atoms with E-state index in [4.69, 9.17) is 21.1 Å². The fourth-order valence-electron chi connectivity index (χ4n) is 6.88. The van der Waals surface area contributed by atoms with Crippen molar-refractivity contribution in [2.24, 2.45) is 11.8 Å². The summed E-state index contributed by atoms with van der Waals surface area (Å²) < 4.78 is 41.3. The van der Waals surface area contributed by atoms with Gasteiger partial charge in [0, 0.05) is 44.2 Å². The number of rotatable bonds is 1. The molecule has 1 spiro atoms. The van der Waals surface area contributed by atoms with Gasteiger partial charge in [0.2, 0.25) is 0 Å². The number of sulfonamides is 1. The van der Waals surface area contributed by atoms with Gasteiger partial charge in [-0.1, -0.05) is 37.2 Å². The molecule has 4 atom stereocenters. The summed E-state index contributed by atoms with van der Waals surface area (Å²) in [5.74, 6) is 1.36. The minimum absolute atomic E-state index is 0. The van der Waals surface area contributed by atoms with E-state index in [0.717, 1.165) is 49.4 Å². The number of nitrogens with zero attached hydrogens (tertiary/aromatic N) is 2. The first kappa shape index (κ1) is 29.7. The monoisotopic (exact) mass is 601 g/mol. The van der Waals surface area contributed by atoms with Crippen LogP contribution in [0.4, 0.5) is 10.5 Å². The highest BCUT2D eigenvalue weighted by Gasteiger charge is 2.44. The van der Waals surface area contributed by atoms with E-state index in [2.05, 4.69) is 21.8 Å². The Morgan fingerprint density at radius 3 is 2.76 bits per heavy atom. The van der Waals surface area contributed by atoms with E-state index >= 15 is 0 Å². The van der Waals surface area contributed by atoms with Gasteiger partial charge in [0.15, 0.2) is 0 Å². The molecule has 2 bridgehead atoms. The molecular formula is C31H40ClN3O5S. The van der Waals surface area contributed by atoms with E-state index in [1.54, 1.807) is 26.3 Å². The van der Waals surface area contributed by atoms with Gasteiger partial charge in [-0.3, -0.25) is 0 Å². The van der Waals surface area contributed by atoms with Crippen molar-refractivity contribution in [2.45, 2.75) is 55.9 Å². The van der Waals surface area contributed by atoms with Crippen molar-refractivity contribution in [2.75, 3.05) is 45.3 Å². The van der Waals surface area contributed by atoms with E-state index in [0.29, 0.717) is 30.7 Å². The van der Waals surface area contributed by atoms with Crippen LogP contribution in [0.15, 0.2) is 53.4 Å². The van der Waals surface area contributed by atoms with Crippen LogP contribution in [-0.2, 0) is 26.6 Å². The number of halogens is 1. The van der Waals surface area contributed by atoms with Crippen molar-refractivity contribution in [3.8, 4) is 5.75 Å². The first-order valence-corrected chi connectivity index (χ1v) is 15.8. The Kier molecular flexibility index (Phi) is 8.34.